The first kappa shape index (κ1) is 25.8. The molecule has 0 fully saturated rings. The number of para-hydroxylation sites is 2. The van der Waals surface area contributed by atoms with Crippen LogP contribution in [0.25, 0.3) is 28.2 Å². The van der Waals surface area contributed by atoms with E-state index in [0.29, 0.717) is 51.1 Å². The van der Waals surface area contributed by atoms with Crippen LogP contribution in [0.3, 0.4) is 0 Å². The summed E-state index contributed by atoms with van der Waals surface area (Å²) in [6.07, 6.45) is 2.67. The molecule has 5 aromatic rings. The number of hydrogen-bond acceptors (Lipinski definition) is 11. The van der Waals surface area contributed by atoms with Crippen molar-refractivity contribution in [2.24, 2.45) is 0 Å². The smallest absolute Gasteiger partial charge is 0.239 e. The SMILES string of the molecule is COc1cccc(OC)c1-n1c(NSC(C)C(OC)c2ncc(Cl)cn2)nnc1-c1noc2ccccc12. The minimum Gasteiger partial charge on any atom is -0.494 e. The van der Waals surface area contributed by atoms with Crippen LogP contribution in [0.4, 0.5) is 5.95 Å². The Kier molecular flexibility index (Phi) is 7.63. The van der Waals surface area contributed by atoms with E-state index in [1.807, 2.05) is 49.4 Å². The third kappa shape index (κ3) is 4.85. The Morgan fingerprint density at radius 2 is 1.68 bits per heavy atom. The van der Waals surface area contributed by atoms with Gasteiger partial charge in [-0.05, 0) is 43.1 Å². The highest BCUT2D eigenvalue weighted by Crippen LogP contribution is 2.39. The summed E-state index contributed by atoms with van der Waals surface area (Å²) in [5.74, 6) is 2.49. The van der Waals surface area contributed by atoms with Gasteiger partial charge in [-0.2, -0.15) is 0 Å². The van der Waals surface area contributed by atoms with Gasteiger partial charge in [-0.25, -0.2) is 9.97 Å². The molecule has 2 unspecified atom stereocenters. The van der Waals surface area contributed by atoms with Crippen molar-refractivity contribution in [3.8, 4) is 28.7 Å². The third-order valence-corrected chi connectivity index (χ3v) is 6.90. The normalized spacial score (nSPS) is 12.9. The maximum absolute atomic E-state index is 5.95. The van der Waals surface area contributed by atoms with E-state index < -0.39 is 6.10 Å². The number of aromatic nitrogens is 6. The summed E-state index contributed by atoms with van der Waals surface area (Å²) in [6.45, 7) is 1.99. The summed E-state index contributed by atoms with van der Waals surface area (Å²) < 4.78 is 27.7. The van der Waals surface area contributed by atoms with E-state index in [1.54, 1.807) is 38.3 Å². The van der Waals surface area contributed by atoms with Gasteiger partial charge in [-0.1, -0.05) is 35.0 Å². The van der Waals surface area contributed by atoms with Crippen LogP contribution in [-0.2, 0) is 4.74 Å². The molecule has 3 aromatic heterocycles. The summed E-state index contributed by atoms with van der Waals surface area (Å²) in [5, 5.41) is 14.3. The van der Waals surface area contributed by atoms with Crippen LogP contribution in [0.2, 0.25) is 5.02 Å². The van der Waals surface area contributed by atoms with E-state index in [4.69, 9.17) is 30.3 Å². The lowest BCUT2D eigenvalue weighted by molar-refractivity contribution is 0.0972. The second kappa shape index (κ2) is 11.3. The molecular formula is C25H24ClN7O4S. The number of methoxy groups -OCH3 is 3. The zero-order valence-electron chi connectivity index (χ0n) is 21.0. The van der Waals surface area contributed by atoms with Crippen LogP contribution in [0.15, 0.2) is 59.4 Å². The van der Waals surface area contributed by atoms with Crippen molar-refractivity contribution in [3.05, 3.63) is 65.7 Å². The number of nitrogens with one attached hydrogen (secondary N) is 1. The summed E-state index contributed by atoms with van der Waals surface area (Å²) in [4.78, 5) is 8.62. The topological polar surface area (TPSA) is 122 Å². The van der Waals surface area contributed by atoms with Crippen molar-refractivity contribution in [1.82, 2.24) is 29.9 Å². The molecule has 0 aliphatic rings. The minimum atomic E-state index is -0.416. The molecule has 0 aliphatic heterocycles. The number of rotatable bonds is 10. The maximum atomic E-state index is 5.95. The molecule has 0 amide bonds. The molecule has 2 aromatic carbocycles. The minimum absolute atomic E-state index is 0.137. The first-order valence-electron chi connectivity index (χ1n) is 11.5. The van der Waals surface area contributed by atoms with Gasteiger partial charge < -0.3 is 18.7 Å². The number of anilines is 1. The Bertz CT molecular complexity index is 1520. The van der Waals surface area contributed by atoms with E-state index >= 15 is 0 Å². The van der Waals surface area contributed by atoms with Crippen LogP contribution in [0.1, 0.15) is 18.9 Å². The fraction of sp³-hybridized carbons (Fsp3) is 0.240. The summed E-state index contributed by atoms with van der Waals surface area (Å²) in [5.41, 5.74) is 1.76. The Balaban J connectivity index is 1.57. The van der Waals surface area contributed by atoms with Gasteiger partial charge in [-0.3, -0.25) is 9.29 Å². The molecular weight excluding hydrogens is 530 g/mol. The fourth-order valence-electron chi connectivity index (χ4n) is 4.00. The average molecular weight is 554 g/mol. The Morgan fingerprint density at radius 3 is 2.37 bits per heavy atom. The van der Waals surface area contributed by atoms with Crippen molar-refractivity contribution in [2.75, 3.05) is 26.1 Å². The number of fused-ring (bicyclic) bond motifs is 1. The zero-order valence-corrected chi connectivity index (χ0v) is 22.5. The van der Waals surface area contributed by atoms with E-state index in [9.17, 15) is 0 Å². The molecule has 0 spiro atoms. The lowest BCUT2D eigenvalue weighted by Crippen LogP contribution is -2.19. The van der Waals surface area contributed by atoms with Crippen molar-refractivity contribution < 1.29 is 18.7 Å². The van der Waals surface area contributed by atoms with Gasteiger partial charge in [0.1, 0.15) is 23.3 Å². The van der Waals surface area contributed by atoms with Crippen LogP contribution in [-0.4, -0.2) is 56.5 Å². The lowest BCUT2D eigenvalue weighted by Gasteiger charge is -2.21. The monoisotopic (exact) mass is 553 g/mol. The molecule has 0 radical (unpaired) electrons. The second-order valence-electron chi connectivity index (χ2n) is 8.06. The van der Waals surface area contributed by atoms with E-state index in [-0.39, 0.29) is 5.25 Å². The predicted octanol–water partition coefficient (Wildman–Crippen LogP) is 5.37. The van der Waals surface area contributed by atoms with Crippen LogP contribution < -0.4 is 14.2 Å². The standard InChI is InChI=1S/C25H24ClN7O4S/c1-14(22(36-4)23-27-12-15(26)13-28-23)38-32-25-30-29-24(20-16-8-5-6-9-17(16)37-31-20)33(25)21-18(34-2)10-7-11-19(21)35-3/h5-14,22H,1-4H3,(H,30,32). The molecule has 5 rings (SSSR count). The largest absolute Gasteiger partial charge is 0.494 e. The molecule has 3 heterocycles. The van der Waals surface area contributed by atoms with Crippen molar-refractivity contribution in [3.63, 3.8) is 0 Å². The summed E-state index contributed by atoms with van der Waals surface area (Å²) in [7, 11) is 4.79. The van der Waals surface area contributed by atoms with Crippen molar-refractivity contribution in [1.29, 1.82) is 0 Å². The second-order valence-corrected chi connectivity index (χ2v) is 9.68. The van der Waals surface area contributed by atoms with Gasteiger partial charge in [-0.15, -0.1) is 10.2 Å². The molecule has 196 valence electrons. The van der Waals surface area contributed by atoms with Crippen LogP contribution in [0.5, 0.6) is 11.5 Å². The van der Waals surface area contributed by atoms with Gasteiger partial charge in [0.15, 0.2) is 22.9 Å². The van der Waals surface area contributed by atoms with Gasteiger partial charge in [0.25, 0.3) is 0 Å². The molecule has 2 atom stereocenters. The Morgan fingerprint density at radius 1 is 0.974 bits per heavy atom. The van der Waals surface area contributed by atoms with Gasteiger partial charge >= 0.3 is 0 Å². The molecule has 0 saturated heterocycles. The lowest BCUT2D eigenvalue weighted by atomic mass is 10.2. The quantitative estimate of drug-likeness (QED) is 0.224. The molecule has 0 bridgehead atoms. The number of halogens is 1. The highest BCUT2D eigenvalue weighted by molar-refractivity contribution is 8.01. The number of ether oxygens (including phenoxy) is 3. The van der Waals surface area contributed by atoms with Crippen LogP contribution in [0, 0.1) is 0 Å². The molecule has 38 heavy (non-hydrogen) atoms. The van der Waals surface area contributed by atoms with Gasteiger partial charge in [0.2, 0.25) is 5.95 Å². The highest BCUT2D eigenvalue weighted by Gasteiger charge is 2.28. The van der Waals surface area contributed by atoms with E-state index in [1.165, 1.54) is 11.9 Å². The number of nitrogens with zero attached hydrogens (tertiary/aromatic N) is 6. The molecule has 1 N–H and O–H groups in total. The van der Waals surface area contributed by atoms with E-state index in [2.05, 4.69) is 30.0 Å². The number of hydrogen-bond donors (Lipinski definition) is 1. The predicted molar refractivity (Wildman–Crippen MR) is 145 cm³/mol. The van der Waals surface area contributed by atoms with Crippen LogP contribution >= 0.6 is 23.5 Å². The van der Waals surface area contributed by atoms with Gasteiger partial charge in [0, 0.05) is 19.5 Å². The Labute approximate surface area is 227 Å². The first-order valence-corrected chi connectivity index (χ1v) is 12.7. The molecule has 13 heteroatoms. The molecule has 11 nitrogen and oxygen atoms in total. The van der Waals surface area contributed by atoms with Crippen molar-refractivity contribution in [2.45, 2.75) is 18.3 Å². The average Bonchev–Trinajstić information content (AvgIpc) is 3.56. The maximum Gasteiger partial charge on any atom is 0.239 e. The zero-order chi connectivity index (χ0) is 26.6. The molecule has 0 aliphatic carbocycles. The Hall–Kier alpha value is -3.87. The number of benzene rings is 2. The van der Waals surface area contributed by atoms with E-state index in [0.717, 1.165) is 5.39 Å². The third-order valence-electron chi connectivity index (χ3n) is 5.79. The van der Waals surface area contributed by atoms with Gasteiger partial charge in [0.05, 0.1) is 29.9 Å². The highest BCUT2D eigenvalue weighted by atomic mass is 35.5. The first-order chi connectivity index (χ1) is 18.5. The summed E-state index contributed by atoms with van der Waals surface area (Å²) >= 11 is 7.33. The van der Waals surface area contributed by atoms with Crippen molar-refractivity contribution >= 4 is 40.5 Å². The molecule has 0 saturated carbocycles. The summed E-state index contributed by atoms with van der Waals surface area (Å²) in [6, 6.07) is 13.1. The fourth-order valence-corrected chi connectivity index (χ4v) is 4.88.